The zero-order valence-electron chi connectivity index (χ0n) is 20.1. The average molecular weight is 563 g/mol. The molecular weight excluding hydrogens is 536 g/mol. The molecule has 9 heteroatoms. The Bertz CT molecular complexity index is 1320. The number of nitriles is 1. The van der Waals surface area contributed by atoms with Crippen LogP contribution < -0.4 is 16.4 Å². The van der Waals surface area contributed by atoms with E-state index in [-0.39, 0.29) is 17.6 Å². The second-order valence-corrected chi connectivity index (χ2v) is 9.29. The van der Waals surface area contributed by atoms with Gasteiger partial charge in [-0.25, -0.2) is 4.79 Å². The molecule has 3 aromatic rings. The van der Waals surface area contributed by atoms with Crippen LogP contribution in [0.15, 0.2) is 83.4 Å². The van der Waals surface area contributed by atoms with Gasteiger partial charge in [-0.1, -0.05) is 41.1 Å². The Labute approximate surface area is 223 Å². The number of carbonyl (C=O) groups excluding carboxylic acids is 2. The molecule has 0 radical (unpaired) electrons. The number of amides is 2. The Morgan fingerprint density at radius 1 is 1.14 bits per heavy atom. The van der Waals surface area contributed by atoms with Crippen LogP contribution in [0, 0.1) is 17.2 Å². The van der Waals surface area contributed by atoms with Gasteiger partial charge in [0.2, 0.25) is 5.91 Å². The number of nitrogens with one attached hydrogen (secondary N) is 2. The van der Waals surface area contributed by atoms with Crippen molar-refractivity contribution in [2.24, 2.45) is 5.92 Å². The first-order chi connectivity index (χ1) is 17.8. The van der Waals surface area contributed by atoms with Crippen LogP contribution >= 0.6 is 15.9 Å². The van der Waals surface area contributed by atoms with Crippen molar-refractivity contribution in [1.29, 1.82) is 5.26 Å². The summed E-state index contributed by atoms with van der Waals surface area (Å²) >= 11 is 3.40. The summed E-state index contributed by atoms with van der Waals surface area (Å²) in [4.78, 5) is 24.9. The highest BCUT2D eigenvalue weighted by atomic mass is 79.9. The topological polar surface area (TPSA) is 137 Å². The smallest absolute Gasteiger partial charge is 0.412 e. The van der Waals surface area contributed by atoms with Crippen molar-refractivity contribution in [3.05, 3.63) is 94.5 Å². The minimum atomic E-state index is -0.762. The van der Waals surface area contributed by atoms with Crippen LogP contribution in [0.3, 0.4) is 0 Å². The Hall–Kier alpha value is -4.29. The van der Waals surface area contributed by atoms with Gasteiger partial charge >= 0.3 is 6.09 Å². The van der Waals surface area contributed by atoms with E-state index in [1.54, 1.807) is 66.7 Å². The molecule has 2 atom stereocenters. The summed E-state index contributed by atoms with van der Waals surface area (Å²) in [6, 6.07) is 20.3. The fraction of sp³-hybridized carbons (Fsp3) is 0.179. The maximum absolute atomic E-state index is 12.7. The fourth-order valence-electron chi connectivity index (χ4n) is 3.62. The monoisotopic (exact) mass is 562 g/mol. The van der Waals surface area contributed by atoms with Gasteiger partial charge in [0.15, 0.2) is 0 Å². The first-order valence-electron chi connectivity index (χ1n) is 11.5. The van der Waals surface area contributed by atoms with E-state index in [2.05, 4.69) is 26.6 Å². The number of nitrogens with zero attached hydrogens (tertiary/aromatic N) is 1. The largest absolute Gasteiger partial charge is 0.508 e. The van der Waals surface area contributed by atoms with Crippen molar-refractivity contribution >= 4 is 45.0 Å². The van der Waals surface area contributed by atoms with E-state index >= 15 is 0 Å². The Morgan fingerprint density at radius 3 is 2.57 bits per heavy atom. The maximum atomic E-state index is 12.7. The maximum Gasteiger partial charge on any atom is 0.412 e. The highest BCUT2D eigenvalue weighted by Gasteiger charge is 2.26. The van der Waals surface area contributed by atoms with E-state index in [1.165, 1.54) is 12.1 Å². The lowest BCUT2D eigenvalue weighted by Gasteiger charge is -2.25. The Morgan fingerprint density at radius 2 is 1.86 bits per heavy atom. The van der Waals surface area contributed by atoms with E-state index in [0.717, 1.165) is 4.47 Å². The molecule has 0 aliphatic rings. The zero-order chi connectivity index (χ0) is 26.8. The normalized spacial score (nSPS) is 12.4. The molecule has 0 saturated heterocycles. The Kier molecular flexibility index (Phi) is 9.69. The average Bonchev–Trinajstić information content (AvgIpc) is 2.88. The van der Waals surface area contributed by atoms with Crippen LogP contribution in [0.25, 0.3) is 0 Å². The molecule has 37 heavy (non-hydrogen) atoms. The lowest BCUT2D eigenvalue weighted by molar-refractivity contribution is -0.111. The third-order valence-corrected chi connectivity index (χ3v) is 6.08. The molecule has 0 heterocycles. The van der Waals surface area contributed by atoms with Gasteiger partial charge in [0.25, 0.3) is 0 Å². The minimum absolute atomic E-state index is 0.00147. The number of nitrogens with two attached hydrogens (primary N) is 1. The zero-order valence-corrected chi connectivity index (χ0v) is 21.7. The quantitative estimate of drug-likeness (QED) is 0.173. The van der Waals surface area contributed by atoms with Gasteiger partial charge in [-0.3, -0.25) is 10.1 Å². The molecule has 0 saturated carbocycles. The van der Waals surface area contributed by atoms with Crippen molar-refractivity contribution in [3.63, 3.8) is 0 Å². The number of hydrogen-bond acceptors (Lipinski definition) is 6. The third-order valence-electron chi connectivity index (χ3n) is 5.58. The summed E-state index contributed by atoms with van der Waals surface area (Å²) in [5, 5.41) is 24.8. The summed E-state index contributed by atoms with van der Waals surface area (Å²) in [5.74, 6) is -0.504. The first kappa shape index (κ1) is 27.3. The van der Waals surface area contributed by atoms with E-state index in [1.807, 2.05) is 13.0 Å². The molecule has 0 aliphatic carbocycles. The number of phenolic OH excluding ortho intramolecular Hbond substituents is 1. The number of rotatable bonds is 9. The molecule has 8 nitrogen and oxygen atoms in total. The molecule has 0 bridgehead atoms. The molecule has 0 unspecified atom stereocenters. The molecule has 0 aliphatic heterocycles. The predicted octanol–water partition coefficient (Wildman–Crippen LogP) is 6.51. The van der Waals surface area contributed by atoms with Gasteiger partial charge in [0, 0.05) is 15.7 Å². The molecule has 0 fully saturated rings. The summed E-state index contributed by atoms with van der Waals surface area (Å²) in [6.07, 6.45) is 2.81. The highest BCUT2D eigenvalue weighted by molar-refractivity contribution is 9.10. The highest BCUT2D eigenvalue weighted by Crippen LogP contribution is 2.36. The van der Waals surface area contributed by atoms with Crippen molar-refractivity contribution in [3.8, 4) is 11.8 Å². The summed E-state index contributed by atoms with van der Waals surface area (Å²) in [5.41, 5.74) is 8.27. The number of para-hydroxylation sites is 2. The summed E-state index contributed by atoms with van der Waals surface area (Å²) in [6.45, 7) is 1.90. The third kappa shape index (κ3) is 8.12. The molecule has 0 aromatic heterocycles. The van der Waals surface area contributed by atoms with Crippen molar-refractivity contribution in [2.45, 2.75) is 25.9 Å². The van der Waals surface area contributed by atoms with E-state index in [4.69, 9.17) is 15.7 Å². The SMILES string of the molecule is C[C@H](CC/C=C/C(=O)Nc1ccccc1N)[C@@H](OC(=O)Nc1ccc(C#N)cc1)c1cc(Br)ccc1O. The number of nitrogen functional groups attached to an aromatic ring is 1. The van der Waals surface area contributed by atoms with Crippen LogP contribution in [-0.4, -0.2) is 17.1 Å². The molecular formula is C28H27BrN4O4. The van der Waals surface area contributed by atoms with Gasteiger partial charge in [0.1, 0.15) is 11.9 Å². The van der Waals surface area contributed by atoms with Crippen molar-refractivity contribution in [2.75, 3.05) is 16.4 Å². The second kappa shape index (κ2) is 13.1. The van der Waals surface area contributed by atoms with E-state index in [0.29, 0.717) is 41.0 Å². The van der Waals surface area contributed by atoms with Gasteiger partial charge in [-0.15, -0.1) is 0 Å². The molecule has 5 N–H and O–H groups in total. The molecule has 2 amide bonds. The number of aromatic hydroxyl groups is 1. The molecule has 3 rings (SSSR count). The van der Waals surface area contributed by atoms with Gasteiger partial charge < -0.3 is 20.9 Å². The van der Waals surface area contributed by atoms with Crippen LogP contribution in [0.4, 0.5) is 21.9 Å². The predicted molar refractivity (Wildman–Crippen MR) is 147 cm³/mol. The fourth-order valence-corrected chi connectivity index (χ4v) is 4.00. The van der Waals surface area contributed by atoms with Crippen LogP contribution in [-0.2, 0) is 9.53 Å². The first-order valence-corrected chi connectivity index (χ1v) is 12.3. The number of phenols is 1. The summed E-state index contributed by atoms with van der Waals surface area (Å²) in [7, 11) is 0. The van der Waals surface area contributed by atoms with E-state index < -0.39 is 12.2 Å². The number of carbonyl (C=O) groups is 2. The van der Waals surface area contributed by atoms with Crippen LogP contribution in [0.2, 0.25) is 0 Å². The van der Waals surface area contributed by atoms with E-state index in [9.17, 15) is 14.7 Å². The number of halogens is 1. The second-order valence-electron chi connectivity index (χ2n) is 8.38. The molecule has 0 spiro atoms. The van der Waals surface area contributed by atoms with Crippen molar-refractivity contribution < 1.29 is 19.4 Å². The van der Waals surface area contributed by atoms with Crippen molar-refractivity contribution in [1.82, 2.24) is 0 Å². The lowest BCUT2D eigenvalue weighted by Crippen LogP contribution is -2.22. The molecule has 3 aromatic carbocycles. The minimum Gasteiger partial charge on any atom is -0.508 e. The van der Waals surface area contributed by atoms with Gasteiger partial charge in [0.05, 0.1) is 23.0 Å². The van der Waals surface area contributed by atoms with Gasteiger partial charge in [-0.2, -0.15) is 5.26 Å². The molecule has 190 valence electrons. The number of allylic oxidation sites excluding steroid dienone is 1. The standard InChI is InChI=1S/C28H27BrN4O4/c1-18(6-2-5-9-26(35)33-24-8-4-3-7-23(24)31)27(22-16-20(29)12-15-25(22)34)37-28(36)32-21-13-10-19(17-30)11-14-21/h3-5,7-16,18,27,34H,2,6,31H2,1H3,(H,32,36)(H,33,35)/b9-5+/t18-,27-/m1/s1. The van der Waals surface area contributed by atoms with Crippen LogP contribution in [0.5, 0.6) is 5.75 Å². The van der Waals surface area contributed by atoms with Crippen LogP contribution in [0.1, 0.15) is 37.0 Å². The Balaban J connectivity index is 1.65. The number of anilines is 3. The van der Waals surface area contributed by atoms with Gasteiger partial charge in [-0.05, 0) is 79.4 Å². The number of benzene rings is 3. The number of hydrogen-bond donors (Lipinski definition) is 4. The summed E-state index contributed by atoms with van der Waals surface area (Å²) < 4.78 is 6.48. The number of ether oxygens (including phenoxy) is 1. The lowest BCUT2D eigenvalue weighted by atomic mass is 9.92.